The molecule has 11 heteroatoms. The molecule has 2 aliphatic rings. The third-order valence-electron chi connectivity index (χ3n) is 5.00. The Morgan fingerprint density at radius 3 is 2.03 bits per heavy atom. The minimum absolute atomic E-state index is 0.0144. The molecule has 2 amide bonds. The summed E-state index contributed by atoms with van der Waals surface area (Å²) in [4.78, 5) is 15.6. The van der Waals surface area contributed by atoms with Crippen molar-refractivity contribution in [1.29, 1.82) is 0 Å². The summed E-state index contributed by atoms with van der Waals surface area (Å²) in [5.74, 6) is -0.628. The Morgan fingerprint density at radius 2 is 1.48 bits per heavy atom. The molecular weight excluding hydrogens is 452 g/mol. The van der Waals surface area contributed by atoms with Crippen LogP contribution in [0.15, 0.2) is 42.5 Å². The van der Waals surface area contributed by atoms with Gasteiger partial charge in [0.15, 0.2) is 9.84 Å². The monoisotopic (exact) mass is 464 g/mol. The summed E-state index contributed by atoms with van der Waals surface area (Å²) >= 11 is 12.0. The van der Waals surface area contributed by atoms with Crippen LogP contribution >= 0.6 is 23.2 Å². The minimum atomic E-state index is -4.59. The van der Waals surface area contributed by atoms with Gasteiger partial charge in [-0.25, -0.2) is 13.2 Å². The molecule has 0 aromatic heterocycles. The number of hydrogen-bond donors (Lipinski definition) is 0. The molecule has 0 radical (unpaired) electrons. The van der Waals surface area contributed by atoms with E-state index in [-0.39, 0.29) is 27.2 Å². The summed E-state index contributed by atoms with van der Waals surface area (Å²) < 4.78 is 63.9. The number of hydrogen-bond acceptors (Lipinski definition) is 3. The SMILES string of the molecule is O=C1N(c2cccc(C(F)(F)F)c2)[C@H]2CS(=O)(=O)C[C@@H]2N1c1ccc(Cl)c(Cl)c1. The van der Waals surface area contributed by atoms with Gasteiger partial charge in [-0.05, 0) is 36.4 Å². The van der Waals surface area contributed by atoms with Crippen molar-refractivity contribution in [2.45, 2.75) is 18.3 Å². The van der Waals surface area contributed by atoms with E-state index in [9.17, 15) is 26.4 Å². The van der Waals surface area contributed by atoms with Crippen molar-refractivity contribution in [1.82, 2.24) is 0 Å². The first-order valence-electron chi connectivity index (χ1n) is 8.43. The number of nitrogens with zero attached hydrogens (tertiary/aromatic N) is 2. The van der Waals surface area contributed by atoms with Gasteiger partial charge in [0, 0.05) is 11.4 Å². The number of fused-ring (bicyclic) bond motifs is 1. The smallest absolute Gasteiger partial charge is 0.288 e. The van der Waals surface area contributed by atoms with Gasteiger partial charge in [0.25, 0.3) is 0 Å². The number of urea groups is 1. The normalized spacial score (nSPS) is 23.6. The summed E-state index contributed by atoms with van der Waals surface area (Å²) in [5.41, 5.74) is -0.612. The number of carbonyl (C=O) groups is 1. The zero-order valence-corrected chi connectivity index (χ0v) is 16.9. The lowest BCUT2D eigenvalue weighted by atomic mass is 10.1. The van der Waals surface area contributed by atoms with Gasteiger partial charge in [0.05, 0.1) is 39.2 Å². The zero-order valence-electron chi connectivity index (χ0n) is 14.5. The van der Waals surface area contributed by atoms with Crippen molar-refractivity contribution in [3.63, 3.8) is 0 Å². The van der Waals surface area contributed by atoms with E-state index in [1.54, 1.807) is 0 Å². The molecule has 2 saturated heterocycles. The van der Waals surface area contributed by atoms with E-state index in [2.05, 4.69) is 0 Å². The van der Waals surface area contributed by atoms with Crippen LogP contribution < -0.4 is 9.80 Å². The van der Waals surface area contributed by atoms with Crippen molar-refractivity contribution in [3.05, 3.63) is 58.1 Å². The van der Waals surface area contributed by atoms with E-state index in [1.165, 1.54) is 35.2 Å². The number of amides is 2. The first-order chi connectivity index (χ1) is 13.5. The highest BCUT2D eigenvalue weighted by Crippen LogP contribution is 2.40. The average Bonchev–Trinajstić information content (AvgIpc) is 3.05. The molecule has 2 aliphatic heterocycles. The lowest BCUT2D eigenvalue weighted by Crippen LogP contribution is -2.38. The number of carbonyl (C=O) groups excluding carboxylic acids is 1. The Balaban J connectivity index is 1.81. The Labute approximate surface area is 174 Å². The van der Waals surface area contributed by atoms with Gasteiger partial charge in [0.1, 0.15) is 0 Å². The quantitative estimate of drug-likeness (QED) is 0.609. The zero-order chi connectivity index (χ0) is 21.1. The fraction of sp³-hybridized carbons (Fsp3) is 0.278. The fourth-order valence-corrected chi connectivity index (χ4v) is 5.99. The number of rotatable bonds is 2. The molecule has 2 fully saturated rings. The van der Waals surface area contributed by atoms with Crippen molar-refractivity contribution in [2.24, 2.45) is 0 Å². The third-order valence-corrected chi connectivity index (χ3v) is 7.44. The predicted octanol–water partition coefficient (Wildman–Crippen LogP) is 4.62. The number of anilines is 2. The highest BCUT2D eigenvalue weighted by molar-refractivity contribution is 7.91. The molecule has 2 heterocycles. The lowest BCUT2D eigenvalue weighted by Gasteiger charge is -2.23. The van der Waals surface area contributed by atoms with Crippen LogP contribution in [0.3, 0.4) is 0 Å². The molecule has 5 nitrogen and oxygen atoms in total. The second kappa shape index (κ2) is 6.78. The van der Waals surface area contributed by atoms with Crippen LogP contribution in [-0.2, 0) is 16.0 Å². The fourth-order valence-electron chi connectivity index (χ4n) is 3.77. The van der Waals surface area contributed by atoms with Gasteiger partial charge in [-0.2, -0.15) is 13.2 Å². The van der Waals surface area contributed by atoms with E-state index < -0.39 is 39.7 Å². The van der Waals surface area contributed by atoms with Crippen molar-refractivity contribution >= 4 is 50.4 Å². The van der Waals surface area contributed by atoms with E-state index in [4.69, 9.17) is 23.2 Å². The van der Waals surface area contributed by atoms with Crippen molar-refractivity contribution in [2.75, 3.05) is 21.3 Å². The van der Waals surface area contributed by atoms with Crippen LogP contribution in [0.5, 0.6) is 0 Å². The maximum atomic E-state index is 13.2. The Morgan fingerprint density at radius 1 is 0.897 bits per heavy atom. The Kier molecular flexibility index (Phi) is 4.75. The number of sulfone groups is 1. The summed E-state index contributed by atoms with van der Waals surface area (Å²) in [6.45, 7) is 0. The molecule has 0 aliphatic carbocycles. The Hall–Kier alpha value is -1.97. The maximum absolute atomic E-state index is 13.2. The third kappa shape index (κ3) is 3.55. The van der Waals surface area contributed by atoms with E-state index in [0.717, 1.165) is 17.0 Å². The molecule has 0 unspecified atom stereocenters. The van der Waals surface area contributed by atoms with Gasteiger partial charge in [-0.1, -0.05) is 29.3 Å². The van der Waals surface area contributed by atoms with Gasteiger partial charge < -0.3 is 0 Å². The van der Waals surface area contributed by atoms with Crippen LogP contribution in [0, 0.1) is 0 Å². The number of alkyl halides is 3. The van der Waals surface area contributed by atoms with E-state index >= 15 is 0 Å². The van der Waals surface area contributed by atoms with Crippen molar-refractivity contribution < 1.29 is 26.4 Å². The van der Waals surface area contributed by atoms with E-state index in [0.29, 0.717) is 5.69 Å². The first kappa shape index (κ1) is 20.3. The summed E-state index contributed by atoms with van der Waals surface area (Å²) in [7, 11) is -3.48. The molecule has 2 atom stereocenters. The molecular formula is C18H13Cl2F3N2O3S. The summed E-state index contributed by atoms with van der Waals surface area (Å²) in [6.07, 6.45) is -4.59. The molecule has 2 aromatic rings. The van der Waals surface area contributed by atoms with Crippen LogP contribution in [0.1, 0.15) is 5.56 Å². The standard InChI is InChI=1S/C18H13Cl2F3N2O3S/c19-13-5-4-12(7-14(13)20)25-16-9-29(27,28)8-15(16)24(17(25)26)11-3-1-2-10(6-11)18(21,22)23/h1-7,15-16H,8-9H2/t15-,16-/m0/s1. The second-order valence-electron chi connectivity index (χ2n) is 6.88. The molecule has 0 bridgehead atoms. The van der Waals surface area contributed by atoms with Crippen LogP contribution in [-0.4, -0.2) is 38.0 Å². The molecule has 4 rings (SSSR count). The number of benzene rings is 2. The minimum Gasteiger partial charge on any atom is -0.288 e. The van der Waals surface area contributed by atoms with Gasteiger partial charge in [-0.15, -0.1) is 0 Å². The molecule has 29 heavy (non-hydrogen) atoms. The van der Waals surface area contributed by atoms with Crippen molar-refractivity contribution in [3.8, 4) is 0 Å². The highest BCUT2D eigenvalue weighted by atomic mass is 35.5. The first-order valence-corrected chi connectivity index (χ1v) is 11.0. The van der Waals surface area contributed by atoms with Gasteiger partial charge >= 0.3 is 12.2 Å². The molecule has 2 aromatic carbocycles. The number of halogens is 5. The molecule has 0 spiro atoms. The molecule has 154 valence electrons. The topological polar surface area (TPSA) is 57.7 Å². The lowest BCUT2D eigenvalue weighted by molar-refractivity contribution is -0.137. The van der Waals surface area contributed by atoms with Crippen LogP contribution in [0.2, 0.25) is 10.0 Å². The van der Waals surface area contributed by atoms with Crippen LogP contribution in [0.4, 0.5) is 29.3 Å². The van der Waals surface area contributed by atoms with E-state index in [1.807, 2.05) is 0 Å². The van der Waals surface area contributed by atoms with Gasteiger partial charge in [-0.3, -0.25) is 9.80 Å². The second-order valence-corrected chi connectivity index (χ2v) is 9.85. The Bertz CT molecular complexity index is 1110. The average molecular weight is 465 g/mol. The van der Waals surface area contributed by atoms with Crippen LogP contribution in [0.25, 0.3) is 0 Å². The summed E-state index contributed by atoms with van der Waals surface area (Å²) in [5, 5.41) is 0.430. The maximum Gasteiger partial charge on any atom is 0.416 e. The molecule has 0 N–H and O–H groups in total. The predicted molar refractivity (Wildman–Crippen MR) is 104 cm³/mol. The summed E-state index contributed by atoms with van der Waals surface area (Å²) in [6, 6.07) is 6.51. The highest BCUT2D eigenvalue weighted by Gasteiger charge is 2.54. The largest absolute Gasteiger partial charge is 0.416 e. The molecule has 0 saturated carbocycles. The van der Waals surface area contributed by atoms with Gasteiger partial charge in [0.2, 0.25) is 0 Å².